The third-order valence-corrected chi connectivity index (χ3v) is 3.00. The van der Waals surface area contributed by atoms with Gasteiger partial charge in [-0.3, -0.25) is 0 Å². The van der Waals surface area contributed by atoms with E-state index >= 15 is 0 Å². The molecule has 0 heterocycles. The minimum absolute atomic E-state index is 0. The Hall–Kier alpha value is -0.380. The van der Waals surface area contributed by atoms with Crippen molar-refractivity contribution in [1.82, 2.24) is 0 Å². The van der Waals surface area contributed by atoms with Gasteiger partial charge >= 0.3 is 75.2 Å². The average molecular weight is 515 g/mol. The summed E-state index contributed by atoms with van der Waals surface area (Å²) in [7, 11) is 0. The predicted octanol–water partition coefficient (Wildman–Crippen LogP) is 4.91. The first-order valence-corrected chi connectivity index (χ1v) is 7.07. The molecular formula is C11H16F12NNbO2-. The van der Waals surface area contributed by atoms with Crippen LogP contribution in [0.2, 0.25) is 0 Å². The van der Waals surface area contributed by atoms with Gasteiger partial charge < -0.3 is 17.6 Å². The van der Waals surface area contributed by atoms with Crippen LogP contribution in [-0.2, 0) is 20.9 Å². The number of aliphatic hydroxyl groups excluding tert-OH is 2. The first-order chi connectivity index (χ1) is 11.1. The monoisotopic (exact) mass is 515 g/mol. The normalized spacial score (nSPS) is 13.7. The molecule has 0 aliphatic carbocycles. The van der Waals surface area contributed by atoms with Crippen LogP contribution >= 0.6 is 0 Å². The van der Waals surface area contributed by atoms with E-state index in [4.69, 9.17) is 10.2 Å². The summed E-state index contributed by atoms with van der Waals surface area (Å²) in [6.07, 6.45) is -29.8. The van der Waals surface area contributed by atoms with Crippen LogP contribution in [0.3, 0.4) is 0 Å². The smallest absolute Gasteiger partial charge is 0.377 e. The molecule has 0 fully saturated rings. The van der Waals surface area contributed by atoms with Gasteiger partial charge in [0.1, 0.15) is 0 Å². The molecule has 0 amide bonds. The zero-order valence-electron chi connectivity index (χ0n) is 13.8. The van der Waals surface area contributed by atoms with E-state index in [0.29, 0.717) is 6.04 Å². The van der Waals surface area contributed by atoms with Crippen molar-refractivity contribution in [2.24, 2.45) is 3.34 Å². The molecular weight excluding hydrogens is 499 g/mol. The number of aliphatic hydroxyl groups is 2. The van der Waals surface area contributed by atoms with Gasteiger partial charge in [0, 0.05) is 0 Å². The topological polar surface area (TPSA) is 52.8 Å². The van der Waals surface area contributed by atoms with Crippen molar-refractivity contribution in [1.29, 1.82) is 0 Å². The van der Waals surface area contributed by atoms with Gasteiger partial charge in [-0.15, -0.1) is 0 Å². The largest absolute Gasteiger partial charge is 0.423 e. The Labute approximate surface area is 158 Å². The van der Waals surface area contributed by atoms with Crippen molar-refractivity contribution in [3.05, 3.63) is 7.43 Å². The quantitative estimate of drug-likeness (QED) is 0.312. The summed E-state index contributed by atoms with van der Waals surface area (Å²) < 4.78 is 136. The molecule has 0 aliphatic heterocycles. The average Bonchev–Trinajstić information content (AvgIpc) is 2.42. The SMILES string of the molecule is CCC(C)[N]=[Nb].OC(C(F)(F)F)C(F)(F)F.OC(C(F)(F)F)C(F)(F)F.[CH3-]. The fourth-order valence-corrected chi connectivity index (χ4v) is 0.854. The van der Waals surface area contributed by atoms with Crippen molar-refractivity contribution in [3.63, 3.8) is 0 Å². The second-order valence-electron chi connectivity index (χ2n) is 4.34. The fourth-order valence-electron chi connectivity index (χ4n) is 0.453. The van der Waals surface area contributed by atoms with Gasteiger partial charge in [-0.05, 0) is 0 Å². The second-order valence-corrected chi connectivity index (χ2v) is 4.91. The maximum Gasteiger partial charge on any atom is 0.423 e. The summed E-state index contributed by atoms with van der Waals surface area (Å²) >= 11 is 1.55. The van der Waals surface area contributed by atoms with Gasteiger partial charge in [0.05, 0.1) is 0 Å². The molecule has 0 aromatic carbocycles. The molecule has 167 valence electrons. The predicted molar refractivity (Wildman–Crippen MR) is 64.8 cm³/mol. The Morgan fingerprint density at radius 1 is 0.704 bits per heavy atom. The molecule has 1 atom stereocenters. The molecule has 0 aliphatic rings. The van der Waals surface area contributed by atoms with E-state index in [9.17, 15) is 52.7 Å². The zero-order valence-corrected chi connectivity index (χ0v) is 16.0. The van der Waals surface area contributed by atoms with Crippen molar-refractivity contribution in [2.75, 3.05) is 0 Å². The van der Waals surface area contributed by atoms with E-state index < -0.39 is 36.9 Å². The van der Waals surface area contributed by atoms with Gasteiger partial charge in [0.15, 0.2) is 0 Å². The number of nitrogens with zero attached hydrogens (tertiary/aromatic N) is 1. The minimum atomic E-state index is -5.63. The van der Waals surface area contributed by atoms with E-state index in [1.54, 1.807) is 20.9 Å². The molecule has 0 saturated carbocycles. The maximum atomic E-state index is 11.0. The van der Waals surface area contributed by atoms with Crippen LogP contribution < -0.4 is 0 Å². The number of hydrogen-bond donors (Lipinski definition) is 2. The summed E-state index contributed by atoms with van der Waals surface area (Å²) in [5.41, 5.74) is 0. The van der Waals surface area contributed by atoms with Crippen molar-refractivity contribution < 1.29 is 83.8 Å². The molecule has 0 bridgehead atoms. The van der Waals surface area contributed by atoms with E-state index in [1.807, 2.05) is 0 Å². The molecule has 0 spiro atoms. The third kappa shape index (κ3) is 18.7. The van der Waals surface area contributed by atoms with Crippen LogP contribution in [0.1, 0.15) is 20.3 Å². The Bertz CT molecular complexity index is 333. The van der Waals surface area contributed by atoms with E-state index in [1.165, 1.54) is 6.42 Å². The molecule has 16 heteroatoms. The van der Waals surface area contributed by atoms with Gasteiger partial charge in [-0.2, -0.15) is 52.7 Å². The molecule has 27 heavy (non-hydrogen) atoms. The van der Waals surface area contributed by atoms with E-state index in [2.05, 4.69) is 17.2 Å². The van der Waals surface area contributed by atoms with Crippen molar-refractivity contribution in [2.45, 2.75) is 63.2 Å². The summed E-state index contributed by atoms with van der Waals surface area (Å²) in [5.74, 6) is 0. The third-order valence-electron chi connectivity index (χ3n) is 2.03. The Kier molecular flexibility index (Phi) is 16.4. The summed E-state index contributed by atoms with van der Waals surface area (Å²) in [5, 5.41) is 14.9. The number of rotatable bonds is 2. The van der Waals surface area contributed by atoms with Crippen LogP contribution in [0.4, 0.5) is 52.7 Å². The standard InChI is InChI=1S/C4H9N.2C3H2F6O.CH3.Nb/c1-3-4(2)5;2*4-2(5,6)1(10)3(7,8)9;;/h4H,3H2,1-2H3;2*1,10H;1H3;/q;;;-1;. The summed E-state index contributed by atoms with van der Waals surface area (Å²) in [6.45, 7) is 4.27. The van der Waals surface area contributed by atoms with E-state index in [-0.39, 0.29) is 7.43 Å². The van der Waals surface area contributed by atoms with Gasteiger partial charge in [-0.1, -0.05) is 0 Å². The number of hydrogen-bond acceptors (Lipinski definition) is 3. The number of halogens is 12. The first-order valence-electron chi connectivity index (χ1n) is 6.09. The first kappa shape index (κ1) is 34.1. The van der Waals surface area contributed by atoms with Crippen LogP contribution in [0.5, 0.6) is 0 Å². The molecule has 0 rings (SSSR count). The second kappa shape index (κ2) is 13.0. The number of alkyl halides is 12. The van der Waals surface area contributed by atoms with Crippen LogP contribution in [0.25, 0.3) is 0 Å². The Morgan fingerprint density at radius 2 is 0.889 bits per heavy atom. The molecule has 3 nitrogen and oxygen atoms in total. The molecule has 0 radical (unpaired) electrons. The molecule has 2 N–H and O–H groups in total. The molecule has 0 aromatic rings. The van der Waals surface area contributed by atoms with Gasteiger partial charge in [0.25, 0.3) is 0 Å². The van der Waals surface area contributed by atoms with Gasteiger partial charge in [0.2, 0.25) is 12.2 Å². The molecule has 1 unspecified atom stereocenters. The molecule has 0 saturated heterocycles. The summed E-state index contributed by atoms with van der Waals surface area (Å²) in [4.78, 5) is 0. The van der Waals surface area contributed by atoms with E-state index in [0.717, 1.165) is 0 Å². The van der Waals surface area contributed by atoms with Crippen LogP contribution in [-0.4, -0.2) is 53.2 Å². The van der Waals surface area contributed by atoms with Crippen LogP contribution in [0, 0.1) is 7.43 Å². The van der Waals surface area contributed by atoms with Crippen molar-refractivity contribution >= 4 is 0 Å². The minimum Gasteiger partial charge on any atom is -0.377 e. The Balaban J connectivity index is -0.000000149. The maximum absolute atomic E-state index is 11.0. The van der Waals surface area contributed by atoms with Gasteiger partial charge in [-0.25, -0.2) is 0 Å². The van der Waals surface area contributed by atoms with Crippen LogP contribution in [0.15, 0.2) is 3.34 Å². The van der Waals surface area contributed by atoms with Crippen molar-refractivity contribution in [3.8, 4) is 0 Å². The fraction of sp³-hybridized carbons (Fsp3) is 0.909. The Morgan fingerprint density at radius 3 is 0.889 bits per heavy atom. The summed E-state index contributed by atoms with van der Waals surface area (Å²) in [6, 6.07) is 0.582. The zero-order chi connectivity index (χ0) is 22.1. The molecule has 0 aromatic heterocycles.